The second kappa shape index (κ2) is 6.57. The summed E-state index contributed by atoms with van der Waals surface area (Å²) in [6.45, 7) is 4.42. The lowest BCUT2D eigenvalue weighted by molar-refractivity contribution is 0.366. The monoisotopic (exact) mass is 140 g/mol. The molecule has 1 aliphatic rings. The molecule has 0 atom stereocenters. The van der Waals surface area contributed by atoms with Crippen molar-refractivity contribution >= 4 is 0 Å². The molecule has 2 heteroatoms. The Morgan fingerprint density at radius 1 is 1.20 bits per heavy atom. The number of hydrogen-bond donors (Lipinski definition) is 1. The van der Waals surface area contributed by atoms with Crippen LogP contribution in [0.15, 0.2) is 0 Å². The van der Waals surface area contributed by atoms with Crippen molar-refractivity contribution in [3.63, 3.8) is 0 Å². The van der Waals surface area contributed by atoms with E-state index in [-0.39, 0.29) is 0 Å². The predicted molar refractivity (Wildman–Crippen MR) is 42.3 cm³/mol. The summed E-state index contributed by atoms with van der Waals surface area (Å²) >= 11 is 0. The summed E-state index contributed by atoms with van der Waals surface area (Å²) in [5, 5.41) is 6.50. The van der Waals surface area contributed by atoms with Crippen molar-refractivity contribution < 1.29 is 0 Å². The maximum Gasteiger partial charge on any atom is 0.0462 e. The smallest absolute Gasteiger partial charge is 0.0462 e. The van der Waals surface area contributed by atoms with Crippen molar-refractivity contribution in [3.05, 3.63) is 0 Å². The van der Waals surface area contributed by atoms with Crippen LogP contribution in [0.5, 0.6) is 0 Å². The Hall–Kier alpha value is -0.550. The first-order valence-electron chi connectivity index (χ1n) is 3.89. The molecule has 2 N–H and O–H groups in total. The Balaban J connectivity index is 0.000000371. The molecule has 0 aromatic rings. The van der Waals surface area contributed by atoms with Crippen LogP contribution >= 0.6 is 0 Å². The first kappa shape index (κ1) is 9.45. The van der Waals surface area contributed by atoms with E-state index in [0.717, 1.165) is 12.5 Å². The molecule has 0 bridgehead atoms. The summed E-state index contributed by atoms with van der Waals surface area (Å²) in [6.07, 6.45) is 7.05. The normalized spacial score (nSPS) is 19.1. The Kier molecular flexibility index (Phi) is 6.21. The van der Waals surface area contributed by atoms with Crippen LogP contribution in [0.4, 0.5) is 0 Å². The summed E-state index contributed by atoms with van der Waals surface area (Å²) in [6, 6.07) is 0. The van der Waals surface area contributed by atoms with Crippen LogP contribution in [0.1, 0.15) is 32.1 Å². The standard InChI is InChI=1S/C7H15N.CHN/c8-6-7-4-2-1-3-5-7;1-2/h7H,1-6,8H2;1H. The van der Waals surface area contributed by atoms with Crippen LogP contribution in [0.25, 0.3) is 0 Å². The topological polar surface area (TPSA) is 49.8 Å². The van der Waals surface area contributed by atoms with Crippen LogP contribution < -0.4 is 5.73 Å². The molecule has 1 saturated carbocycles. The van der Waals surface area contributed by atoms with Crippen LogP contribution in [0.2, 0.25) is 0 Å². The summed E-state index contributed by atoms with van der Waals surface area (Å²) in [7, 11) is 0. The van der Waals surface area contributed by atoms with Gasteiger partial charge in [0.15, 0.2) is 0 Å². The van der Waals surface area contributed by atoms with Gasteiger partial charge < -0.3 is 5.73 Å². The summed E-state index contributed by atoms with van der Waals surface area (Å²) in [5.41, 5.74) is 5.50. The molecule has 0 heterocycles. The van der Waals surface area contributed by atoms with E-state index < -0.39 is 0 Å². The fraction of sp³-hybridized carbons (Fsp3) is 0.875. The van der Waals surface area contributed by atoms with Crippen molar-refractivity contribution in [3.8, 4) is 6.57 Å². The molecule has 2 nitrogen and oxygen atoms in total. The molecule has 0 saturated heterocycles. The minimum atomic E-state index is 0.865. The van der Waals surface area contributed by atoms with Crippen LogP contribution in [0.3, 0.4) is 0 Å². The van der Waals surface area contributed by atoms with E-state index in [2.05, 4.69) is 6.57 Å². The minimum absolute atomic E-state index is 0.865. The number of nitrogens with zero attached hydrogens (tertiary/aromatic N) is 1. The van der Waals surface area contributed by atoms with E-state index in [4.69, 9.17) is 11.0 Å². The first-order chi connectivity index (χ1) is 4.93. The molecule has 0 unspecified atom stereocenters. The molecule has 10 heavy (non-hydrogen) atoms. The average molecular weight is 140 g/mol. The Bertz CT molecular complexity index is 82.5. The highest BCUT2D eigenvalue weighted by Gasteiger charge is 2.09. The minimum Gasteiger partial charge on any atom is -0.330 e. The summed E-state index contributed by atoms with van der Waals surface area (Å²) in [4.78, 5) is 0. The molecule has 0 amide bonds. The molecule has 0 aliphatic heterocycles. The summed E-state index contributed by atoms with van der Waals surface area (Å²) < 4.78 is 0. The van der Waals surface area contributed by atoms with Gasteiger partial charge in [-0.1, -0.05) is 19.3 Å². The Morgan fingerprint density at radius 2 is 1.70 bits per heavy atom. The van der Waals surface area contributed by atoms with Crippen LogP contribution in [0, 0.1) is 17.8 Å². The second-order valence-corrected chi connectivity index (χ2v) is 2.74. The average Bonchev–Trinajstić information content (AvgIpc) is 2.10. The number of rotatable bonds is 1. The van der Waals surface area contributed by atoms with Crippen molar-refractivity contribution in [1.82, 2.24) is 0 Å². The van der Waals surface area contributed by atoms with Gasteiger partial charge in [0, 0.05) is 6.57 Å². The van der Waals surface area contributed by atoms with Crippen molar-refractivity contribution in [1.29, 1.82) is 5.26 Å². The lowest BCUT2D eigenvalue weighted by Gasteiger charge is -2.18. The Morgan fingerprint density at radius 3 is 2.00 bits per heavy atom. The Labute approximate surface area is 63.0 Å². The van der Waals surface area contributed by atoms with Gasteiger partial charge in [-0.15, -0.1) is 0 Å². The van der Waals surface area contributed by atoms with Gasteiger partial charge in [0.2, 0.25) is 0 Å². The highest BCUT2D eigenvalue weighted by Crippen LogP contribution is 2.21. The maximum atomic E-state index is 6.50. The molecule has 1 fully saturated rings. The quantitative estimate of drug-likeness (QED) is 0.602. The lowest BCUT2D eigenvalue weighted by Crippen LogP contribution is -2.16. The van der Waals surface area contributed by atoms with Gasteiger partial charge in [-0.25, -0.2) is 5.26 Å². The zero-order valence-electron chi connectivity index (χ0n) is 6.42. The van der Waals surface area contributed by atoms with Gasteiger partial charge in [0.25, 0.3) is 0 Å². The third-order valence-electron chi connectivity index (χ3n) is 2.06. The van der Waals surface area contributed by atoms with E-state index in [1.165, 1.54) is 32.1 Å². The van der Waals surface area contributed by atoms with E-state index >= 15 is 0 Å². The molecule has 1 aliphatic carbocycles. The highest BCUT2D eigenvalue weighted by molar-refractivity contribution is 4.65. The third-order valence-corrected chi connectivity index (χ3v) is 2.06. The molecule has 0 spiro atoms. The molecular weight excluding hydrogens is 124 g/mol. The van der Waals surface area contributed by atoms with E-state index in [0.29, 0.717) is 0 Å². The SMILES string of the molecule is C#N.NCC1CCCCC1. The van der Waals surface area contributed by atoms with Gasteiger partial charge in [0.1, 0.15) is 0 Å². The number of nitriles is 1. The molecule has 58 valence electrons. The summed E-state index contributed by atoms with van der Waals surface area (Å²) in [5.74, 6) is 0.865. The van der Waals surface area contributed by atoms with Gasteiger partial charge in [0.05, 0.1) is 0 Å². The van der Waals surface area contributed by atoms with Gasteiger partial charge >= 0.3 is 0 Å². The molecular formula is C8H16N2. The fourth-order valence-electron chi connectivity index (χ4n) is 1.42. The molecule has 0 radical (unpaired) electrons. The predicted octanol–water partition coefficient (Wildman–Crippen LogP) is 1.67. The first-order valence-corrected chi connectivity index (χ1v) is 3.89. The van der Waals surface area contributed by atoms with E-state index in [1.54, 1.807) is 0 Å². The lowest BCUT2D eigenvalue weighted by atomic mass is 9.90. The van der Waals surface area contributed by atoms with Crippen molar-refractivity contribution in [2.75, 3.05) is 6.54 Å². The second-order valence-electron chi connectivity index (χ2n) is 2.74. The maximum absolute atomic E-state index is 6.50. The van der Waals surface area contributed by atoms with Crippen molar-refractivity contribution in [2.24, 2.45) is 11.7 Å². The van der Waals surface area contributed by atoms with E-state index in [1.807, 2.05) is 0 Å². The van der Waals surface area contributed by atoms with Gasteiger partial charge in [-0.2, -0.15) is 0 Å². The fourth-order valence-corrected chi connectivity index (χ4v) is 1.42. The zero-order valence-corrected chi connectivity index (χ0v) is 6.42. The number of nitrogens with two attached hydrogens (primary N) is 1. The molecule has 0 aromatic heterocycles. The molecule has 1 rings (SSSR count). The zero-order chi connectivity index (χ0) is 7.82. The van der Waals surface area contributed by atoms with Gasteiger partial charge in [-0.05, 0) is 25.3 Å². The highest BCUT2D eigenvalue weighted by atomic mass is 14.5. The van der Waals surface area contributed by atoms with Crippen LogP contribution in [-0.4, -0.2) is 6.54 Å². The van der Waals surface area contributed by atoms with Crippen LogP contribution in [-0.2, 0) is 0 Å². The largest absolute Gasteiger partial charge is 0.330 e. The number of hydrogen-bond acceptors (Lipinski definition) is 2. The third kappa shape index (κ3) is 3.47. The van der Waals surface area contributed by atoms with Gasteiger partial charge in [-0.3, -0.25) is 0 Å². The van der Waals surface area contributed by atoms with E-state index in [9.17, 15) is 0 Å². The molecule has 0 aromatic carbocycles. The van der Waals surface area contributed by atoms with Crippen molar-refractivity contribution in [2.45, 2.75) is 32.1 Å².